The molecule has 7 nitrogen and oxygen atoms in total. The van der Waals surface area contributed by atoms with E-state index in [1.54, 1.807) is 12.3 Å². The third kappa shape index (κ3) is 5.59. The molecule has 180 valence electrons. The third-order valence-electron chi connectivity index (χ3n) is 6.00. The van der Waals surface area contributed by atoms with E-state index >= 15 is 0 Å². The van der Waals surface area contributed by atoms with E-state index in [9.17, 15) is 18.7 Å². The van der Waals surface area contributed by atoms with Crippen molar-refractivity contribution in [2.24, 2.45) is 0 Å². The number of nitrogens with one attached hydrogen (secondary N) is 3. The maximum Gasteiger partial charge on any atom is 0.255 e. The van der Waals surface area contributed by atoms with Crippen LogP contribution in [0.25, 0.3) is 10.9 Å². The number of halogens is 2. The number of amides is 1. The van der Waals surface area contributed by atoms with Crippen molar-refractivity contribution >= 4 is 34.0 Å². The minimum atomic E-state index is -1.64. The van der Waals surface area contributed by atoms with Crippen molar-refractivity contribution in [3.05, 3.63) is 54.4 Å². The molecule has 9 heteroatoms. The van der Waals surface area contributed by atoms with E-state index in [1.165, 1.54) is 20.0 Å². The van der Waals surface area contributed by atoms with Gasteiger partial charge in [-0.25, -0.2) is 13.8 Å². The van der Waals surface area contributed by atoms with Crippen molar-refractivity contribution in [3.63, 3.8) is 0 Å². The number of carbonyl (C=O) groups is 1. The number of benzene rings is 1. The zero-order valence-corrected chi connectivity index (χ0v) is 19.2. The Hall–Kier alpha value is -3.33. The van der Waals surface area contributed by atoms with E-state index in [2.05, 4.69) is 25.9 Å². The van der Waals surface area contributed by atoms with Crippen LogP contribution in [0.5, 0.6) is 0 Å². The molecule has 2 heterocycles. The van der Waals surface area contributed by atoms with E-state index in [0.717, 1.165) is 23.0 Å². The first kappa shape index (κ1) is 23.8. The highest BCUT2D eigenvalue weighted by molar-refractivity contribution is 6.00. The summed E-state index contributed by atoms with van der Waals surface area (Å²) >= 11 is 0. The monoisotopic (exact) mass is 469 g/mol. The highest BCUT2D eigenvalue weighted by Gasteiger charge is 2.29. The lowest BCUT2D eigenvalue weighted by molar-refractivity contribution is -0.00177. The van der Waals surface area contributed by atoms with Gasteiger partial charge in [0.25, 0.3) is 5.91 Å². The van der Waals surface area contributed by atoms with Gasteiger partial charge < -0.3 is 21.1 Å². The summed E-state index contributed by atoms with van der Waals surface area (Å²) in [6, 6.07) is 10.7. The number of hydrogen-bond donors (Lipinski definition) is 4. The zero-order valence-electron chi connectivity index (χ0n) is 19.2. The molecule has 1 saturated carbocycles. The number of aliphatic hydroxyl groups is 1. The molecule has 2 unspecified atom stereocenters. The van der Waals surface area contributed by atoms with Crippen molar-refractivity contribution in [3.8, 4) is 0 Å². The zero-order chi connectivity index (χ0) is 24.3. The smallest absolute Gasteiger partial charge is 0.255 e. The highest BCUT2D eigenvalue weighted by Crippen LogP contribution is 2.29. The van der Waals surface area contributed by atoms with Crippen molar-refractivity contribution in [2.75, 3.05) is 17.2 Å². The number of alkyl halides is 2. The van der Waals surface area contributed by atoms with Gasteiger partial charge in [0.15, 0.2) is 0 Å². The standard InChI is InChI=1S/C25H29F2N5O2/c1-25(2,34)22(27)14-30-24(33)17-13-29-23(12-21(17)32-20-7-3-6-18(20)26)31-16-8-9-19-15(11-16)5-4-10-28-19/h4-5,8-13,18,20,22,34H,3,6-7,14H2,1-2H3,(H,30,33)(H2,29,31,32)/t18?,20?,22-/m1/s1. The van der Waals surface area contributed by atoms with Crippen LogP contribution in [0.1, 0.15) is 43.5 Å². The summed E-state index contributed by atoms with van der Waals surface area (Å²) in [5.74, 6) is -0.0887. The number of rotatable bonds is 8. The van der Waals surface area contributed by atoms with Crippen LogP contribution in [0.4, 0.5) is 26.0 Å². The molecule has 0 spiro atoms. The summed E-state index contributed by atoms with van der Waals surface area (Å²) in [7, 11) is 0. The van der Waals surface area contributed by atoms with Gasteiger partial charge in [-0.15, -0.1) is 0 Å². The summed E-state index contributed by atoms with van der Waals surface area (Å²) in [6.07, 6.45) is 2.32. The predicted octanol–water partition coefficient (Wildman–Crippen LogP) is 4.51. The fraction of sp³-hybridized carbons (Fsp3) is 0.400. The first-order chi connectivity index (χ1) is 16.2. The Morgan fingerprint density at radius 1 is 1.24 bits per heavy atom. The summed E-state index contributed by atoms with van der Waals surface area (Å²) < 4.78 is 28.4. The molecule has 3 aromatic rings. The molecule has 0 radical (unpaired) electrons. The fourth-order valence-electron chi connectivity index (χ4n) is 3.93. The summed E-state index contributed by atoms with van der Waals surface area (Å²) in [5.41, 5.74) is 0.649. The Kier molecular flexibility index (Phi) is 6.92. The summed E-state index contributed by atoms with van der Waals surface area (Å²) in [4.78, 5) is 21.5. The van der Waals surface area contributed by atoms with Gasteiger partial charge in [0.05, 0.1) is 35.0 Å². The molecule has 34 heavy (non-hydrogen) atoms. The van der Waals surface area contributed by atoms with E-state index in [1.807, 2.05) is 30.3 Å². The topological polar surface area (TPSA) is 99.2 Å². The van der Waals surface area contributed by atoms with Gasteiger partial charge in [0.2, 0.25) is 0 Å². The molecular formula is C25H29F2N5O2. The van der Waals surface area contributed by atoms with Crippen molar-refractivity contribution in [1.29, 1.82) is 0 Å². The fourth-order valence-corrected chi connectivity index (χ4v) is 3.93. The van der Waals surface area contributed by atoms with E-state index < -0.39 is 29.9 Å². The second kappa shape index (κ2) is 9.89. The van der Waals surface area contributed by atoms with Crippen molar-refractivity contribution in [2.45, 2.75) is 57.1 Å². The van der Waals surface area contributed by atoms with Gasteiger partial charge in [0, 0.05) is 29.5 Å². The van der Waals surface area contributed by atoms with Gasteiger partial charge >= 0.3 is 0 Å². The average molecular weight is 470 g/mol. The molecule has 0 saturated heterocycles. The van der Waals surface area contributed by atoms with Gasteiger partial charge in [-0.05, 0) is 57.4 Å². The van der Waals surface area contributed by atoms with Crippen LogP contribution < -0.4 is 16.0 Å². The lowest BCUT2D eigenvalue weighted by atomic mass is 10.0. The lowest BCUT2D eigenvalue weighted by Crippen LogP contribution is -2.42. The lowest BCUT2D eigenvalue weighted by Gasteiger charge is -2.23. The maximum absolute atomic E-state index is 14.3. The Morgan fingerprint density at radius 2 is 2.06 bits per heavy atom. The first-order valence-corrected chi connectivity index (χ1v) is 11.4. The quantitative estimate of drug-likeness (QED) is 0.387. The number of aromatic nitrogens is 2. The normalized spacial score (nSPS) is 19.1. The molecule has 1 aliphatic rings. The molecular weight excluding hydrogens is 440 g/mol. The molecule has 0 aliphatic heterocycles. The molecule has 1 aliphatic carbocycles. The largest absolute Gasteiger partial charge is 0.387 e. The highest BCUT2D eigenvalue weighted by atomic mass is 19.1. The third-order valence-corrected chi connectivity index (χ3v) is 6.00. The molecule has 0 bridgehead atoms. The number of anilines is 3. The van der Waals surface area contributed by atoms with Crippen LogP contribution in [0.3, 0.4) is 0 Å². The summed E-state index contributed by atoms with van der Waals surface area (Å²) in [6.45, 7) is 2.31. The van der Waals surface area contributed by atoms with Crippen molar-refractivity contribution in [1.82, 2.24) is 15.3 Å². The Bertz CT molecular complexity index is 1170. The number of nitrogens with zero attached hydrogens (tertiary/aromatic N) is 2. The molecule has 1 fully saturated rings. The minimum Gasteiger partial charge on any atom is -0.387 e. The SMILES string of the molecule is CC(C)(O)[C@H](F)CNC(=O)c1cnc(Nc2ccc3ncccc3c2)cc1NC1CCCC1F. The van der Waals surface area contributed by atoms with Gasteiger partial charge in [-0.1, -0.05) is 6.07 Å². The Balaban J connectivity index is 1.57. The van der Waals surface area contributed by atoms with Crippen LogP contribution in [-0.2, 0) is 0 Å². The Morgan fingerprint density at radius 3 is 2.79 bits per heavy atom. The van der Waals surface area contributed by atoms with E-state index in [-0.39, 0.29) is 12.1 Å². The van der Waals surface area contributed by atoms with Gasteiger partial charge in [-0.2, -0.15) is 0 Å². The van der Waals surface area contributed by atoms with Gasteiger partial charge in [0.1, 0.15) is 18.2 Å². The number of carbonyl (C=O) groups excluding carboxylic acids is 1. The summed E-state index contributed by atoms with van der Waals surface area (Å²) in [5, 5.41) is 19.6. The molecule has 4 N–H and O–H groups in total. The second-order valence-electron chi connectivity index (χ2n) is 9.18. The van der Waals surface area contributed by atoms with E-state index in [0.29, 0.717) is 24.3 Å². The van der Waals surface area contributed by atoms with Crippen LogP contribution in [0.15, 0.2) is 48.8 Å². The van der Waals surface area contributed by atoms with Crippen LogP contribution in [0.2, 0.25) is 0 Å². The number of pyridine rings is 2. The maximum atomic E-state index is 14.3. The first-order valence-electron chi connectivity index (χ1n) is 11.4. The van der Waals surface area contributed by atoms with Crippen LogP contribution >= 0.6 is 0 Å². The van der Waals surface area contributed by atoms with Crippen LogP contribution in [-0.4, -0.2) is 51.5 Å². The average Bonchev–Trinajstić information content (AvgIpc) is 3.21. The molecule has 4 rings (SSSR count). The molecule has 1 amide bonds. The molecule has 2 aromatic heterocycles. The van der Waals surface area contributed by atoms with Gasteiger partial charge in [-0.3, -0.25) is 9.78 Å². The van der Waals surface area contributed by atoms with E-state index in [4.69, 9.17) is 0 Å². The minimum absolute atomic E-state index is 0.176. The molecule has 3 atom stereocenters. The predicted molar refractivity (Wildman–Crippen MR) is 129 cm³/mol. The number of hydrogen-bond acceptors (Lipinski definition) is 6. The Labute approximate surface area is 197 Å². The number of fused-ring (bicyclic) bond motifs is 1. The van der Waals surface area contributed by atoms with Crippen molar-refractivity contribution < 1.29 is 18.7 Å². The molecule has 1 aromatic carbocycles. The second-order valence-corrected chi connectivity index (χ2v) is 9.18. The van der Waals surface area contributed by atoms with Crippen LogP contribution in [0, 0.1) is 0 Å².